The van der Waals surface area contributed by atoms with Gasteiger partial charge in [0.25, 0.3) is 0 Å². The molecular formula is C18H28Cl2O. The fraction of sp³-hybridized carbons (Fsp3) is 0.667. The van der Waals surface area contributed by atoms with E-state index in [-0.39, 0.29) is 0 Å². The van der Waals surface area contributed by atoms with Crippen LogP contribution in [-0.4, -0.2) is 5.11 Å². The summed E-state index contributed by atoms with van der Waals surface area (Å²) in [6, 6.07) is 5.29. The molecule has 1 nitrogen and oxygen atoms in total. The van der Waals surface area contributed by atoms with E-state index in [1.54, 1.807) is 12.1 Å². The predicted molar refractivity (Wildman–Crippen MR) is 93.3 cm³/mol. The van der Waals surface area contributed by atoms with Gasteiger partial charge in [0, 0.05) is 10.0 Å². The van der Waals surface area contributed by atoms with E-state index in [9.17, 15) is 5.11 Å². The summed E-state index contributed by atoms with van der Waals surface area (Å²) in [6.45, 7) is 2.25. The van der Waals surface area contributed by atoms with Gasteiger partial charge in [-0.05, 0) is 24.1 Å². The highest BCUT2D eigenvalue weighted by Gasteiger charge is 2.11. The van der Waals surface area contributed by atoms with Gasteiger partial charge in [0.05, 0.1) is 6.10 Å². The molecule has 0 heterocycles. The predicted octanol–water partition coefficient (Wildman–Crippen LogP) is 6.95. The van der Waals surface area contributed by atoms with Gasteiger partial charge in [0.2, 0.25) is 0 Å². The van der Waals surface area contributed by atoms with E-state index < -0.39 is 6.10 Å². The fourth-order valence-electron chi connectivity index (χ4n) is 2.58. The summed E-state index contributed by atoms with van der Waals surface area (Å²) < 4.78 is 0. The lowest BCUT2D eigenvalue weighted by Crippen LogP contribution is -1.98. The largest absolute Gasteiger partial charge is 0.388 e. The number of aliphatic hydroxyl groups excluding tert-OH is 1. The van der Waals surface area contributed by atoms with Crippen LogP contribution in [0.2, 0.25) is 10.0 Å². The highest BCUT2D eigenvalue weighted by molar-refractivity contribution is 6.35. The van der Waals surface area contributed by atoms with E-state index in [2.05, 4.69) is 6.92 Å². The second-order valence-electron chi connectivity index (χ2n) is 5.80. The van der Waals surface area contributed by atoms with Gasteiger partial charge in [-0.15, -0.1) is 0 Å². The molecule has 1 unspecified atom stereocenters. The van der Waals surface area contributed by atoms with Gasteiger partial charge >= 0.3 is 0 Å². The average molecular weight is 331 g/mol. The number of benzene rings is 1. The second kappa shape index (κ2) is 11.3. The Hall–Kier alpha value is -0.240. The van der Waals surface area contributed by atoms with Crippen molar-refractivity contribution >= 4 is 23.2 Å². The van der Waals surface area contributed by atoms with Crippen molar-refractivity contribution in [3.8, 4) is 0 Å². The molecule has 0 bridgehead atoms. The summed E-state index contributed by atoms with van der Waals surface area (Å²) in [7, 11) is 0. The molecule has 0 amide bonds. The molecule has 0 radical (unpaired) electrons. The monoisotopic (exact) mass is 330 g/mol. The minimum atomic E-state index is -0.473. The van der Waals surface area contributed by atoms with Crippen LogP contribution < -0.4 is 0 Å². The van der Waals surface area contributed by atoms with Gasteiger partial charge in [-0.1, -0.05) is 94.0 Å². The van der Waals surface area contributed by atoms with Crippen molar-refractivity contribution in [1.29, 1.82) is 0 Å². The van der Waals surface area contributed by atoms with Gasteiger partial charge in [-0.3, -0.25) is 0 Å². The Balaban J connectivity index is 2.09. The molecule has 0 aromatic heterocycles. The van der Waals surface area contributed by atoms with Crippen LogP contribution in [0.15, 0.2) is 18.2 Å². The number of halogens is 2. The molecule has 0 fully saturated rings. The van der Waals surface area contributed by atoms with Crippen LogP contribution >= 0.6 is 23.2 Å². The summed E-state index contributed by atoms with van der Waals surface area (Å²) >= 11 is 12.0. The van der Waals surface area contributed by atoms with Crippen molar-refractivity contribution in [1.82, 2.24) is 0 Å². The molecule has 0 saturated heterocycles. The minimum absolute atomic E-state index is 0.473. The van der Waals surface area contributed by atoms with Crippen LogP contribution in [-0.2, 0) is 0 Å². The van der Waals surface area contributed by atoms with E-state index >= 15 is 0 Å². The highest BCUT2D eigenvalue weighted by atomic mass is 35.5. The van der Waals surface area contributed by atoms with Crippen LogP contribution in [0.5, 0.6) is 0 Å². The Morgan fingerprint density at radius 1 is 0.905 bits per heavy atom. The minimum Gasteiger partial charge on any atom is -0.388 e. The summed E-state index contributed by atoms with van der Waals surface area (Å²) in [5.74, 6) is 0. The SMILES string of the molecule is CCCCCCCCCCCC(O)c1ccc(Cl)cc1Cl. The third-order valence-corrected chi connectivity index (χ3v) is 4.47. The van der Waals surface area contributed by atoms with Gasteiger partial charge in [0.1, 0.15) is 0 Å². The summed E-state index contributed by atoms with van der Waals surface area (Å²) in [6.07, 6.45) is 11.9. The van der Waals surface area contributed by atoms with Crippen molar-refractivity contribution in [2.75, 3.05) is 0 Å². The van der Waals surface area contributed by atoms with Crippen molar-refractivity contribution in [2.45, 2.75) is 77.2 Å². The van der Waals surface area contributed by atoms with Crippen LogP contribution in [0.3, 0.4) is 0 Å². The molecule has 1 aromatic carbocycles. The van der Waals surface area contributed by atoms with E-state index in [0.29, 0.717) is 10.0 Å². The van der Waals surface area contributed by atoms with Crippen molar-refractivity contribution < 1.29 is 5.11 Å². The quantitative estimate of drug-likeness (QED) is 0.435. The first kappa shape index (κ1) is 18.8. The first-order chi connectivity index (χ1) is 10.1. The smallest absolute Gasteiger partial charge is 0.0804 e. The standard InChI is InChI=1S/C18H28Cl2O/c1-2-3-4-5-6-7-8-9-10-11-18(21)16-13-12-15(19)14-17(16)20/h12-14,18,21H,2-11H2,1H3. The van der Waals surface area contributed by atoms with Gasteiger partial charge in [-0.25, -0.2) is 0 Å². The molecule has 1 atom stereocenters. The van der Waals surface area contributed by atoms with E-state index in [1.165, 1.54) is 51.4 Å². The van der Waals surface area contributed by atoms with Gasteiger partial charge in [-0.2, -0.15) is 0 Å². The highest BCUT2D eigenvalue weighted by Crippen LogP contribution is 2.29. The molecule has 21 heavy (non-hydrogen) atoms. The summed E-state index contributed by atoms with van der Waals surface area (Å²) in [5.41, 5.74) is 0.792. The maximum atomic E-state index is 10.2. The van der Waals surface area contributed by atoms with Crippen molar-refractivity contribution in [2.24, 2.45) is 0 Å². The Bertz CT molecular complexity index is 393. The average Bonchev–Trinajstić information content (AvgIpc) is 2.45. The third-order valence-electron chi connectivity index (χ3n) is 3.90. The van der Waals surface area contributed by atoms with Gasteiger partial charge in [0.15, 0.2) is 0 Å². The Morgan fingerprint density at radius 3 is 2.05 bits per heavy atom. The Morgan fingerprint density at radius 2 is 1.48 bits per heavy atom. The number of hydrogen-bond donors (Lipinski definition) is 1. The molecule has 0 aliphatic rings. The zero-order valence-electron chi connectivity index (χ0n) is 13.1. The fourth-order valence-corrected chi connectivity index (χ4v) is 3.11. The molecule has 1 aromatic rings. The van der Waals surface area contributed by atoms with Crippen molar-refractivity contribution in [3.63, 3.8) is 0 Å². The zero-order valence-corrected chi connectivity index (χ0v) is 14.6. The topological polar surface area (TPSA) is 20.2 Å². The number of aliphatic hydroxyl groups is 1. The molecule has 0 aliphatic carbocycles. The lowest BCUT2D eigenvalue weighted by molar-refractivity contribution is 0.163. The maximum absolute atomic E-state index is 10.2. The molecule has 3 heteroatoms. The zero-order chi connectivity index (χ0) is 15.5. The molecule has 120 valence electrons. The number of hydrogen-bond acceptors (Lipinski definition) is 1. The summed E-state index contributed by atoms with van der Waals surface area (Å²) in [5, 5.41) is 11.3. The normalized spacial score (nSPS) is 12.6. The van der Waals surface area contributed by atoms with E-state index in [1.807, 2.05) is 6.07 Å². The number of rotatable bonds is 11. The lowest BCUT2D eigenvalue weighted by Gasteiger charge is -2.12. The molecule has 0 saturated carbocycles. The van der Waals surface area contributed by atoms with Crippen LogP contribution in [0, 0.1) is 0 Å². The van der Waals surface area contributed by atoms with Crippen molar-refractivity contribution in [3.05, 3.63) is 33.8 Å². The van der Waals surface area contributed by atoms with E-state index in [4.69, 9.17) is 23.2 Å². The molecule has 0 aliphatic heterocycles. The van der Waals surface area contributed by atoms with Crippen LogP contribution in [0.25, 0.3) is 0 Å². The molecule has 1 rings (SSSR count). The second-order valence-corrected chi connectivity index (χ2v) is 6.64. The number of unbranched alkanes of at least 4 members (excludes halogenated alkanes) is 8. The van der Waals surface area contributed by atoms with Crippen LogP contribution in [0.4, 0.5) is 0 Å². The summed E-state index contributed by atoms with van der Waals surface area (Å²) in [4.78, 5) is 0. The maximum Gasteiger partial charge on any atom is 0.0804 e. The molecule has 1 N–H and O–H groups in total. The first-order valence-electron chi connectivity index (χ1n) is 8.28. The third kappa shape index (κ3) is 8.09. The van der Waals surface area contributed by atoms with Gasteiger partial charge < -0.3 is 5.11 Å². The molecular weight excluding hydrogens is 303 g/mol. The first-order valence-corrected chi connectivity index (χ1v) is 9.03. The Labute approximate surface area is 139 Å². The van der Waals surface area contributed by atoms with Crippen LogP contribution in [0.1, 0.15) is 82.8 Å². The molecule has 0 spiro atoms. The Kier molecular flexibility index (Phi) is 10.2. The van der Waals surface area contributed by atoms with E-state index in [0.717, 1.165) is 18.4 Å². The lowest BCUT2D eigenvalue weighted by atomic mass is 10.0.